The number of carbonyl (C=O) groups excluding carboxylic acids is 1. The van der Waals surface area contributed by atoms with Crippen LogP contribution in [-0.4, -0.2) is 61.0 Å². The first-order chi connectivity index (χ1) is 9.61. The van der Waals surface area contributed by atoms with Crippen molar-refractivity contribution in [2.24, 2.45) is 5.92 Å². The van der Waals surface area contributed by atoms with Crippen molar-refractivity contribution in [2.75, 3.05) is 45.6 Å². The molecule has 110 valence electrons. The fourth-order valence-electron chi connectivity index (χ4n) is 2.76. The van der Waals surface area contributed by atoms with Gasteiger partial charge in [0.05, 0.1) is 11.3 Å². The largest absolute Gasteiger partial charge is 0.385 e. The molecular weight excluding hydrogens is 252 g/mol. The van der Waals surface area contributed by atoms with E-state index in [0.29, 0.717) is 11.5 Å². The van der Waals surface area contributed by atoms with Gasteiger partial charge in [0, 0.05) is 39.1 Å². The Morgan fingerprint density at radius 3 is 3.05 bits per heavy atom. The molecule has 1 amide bonds. The number of aromatic nitrogens is 1. The molecule has 5 heteroatoms. The molecule has 0 saturated carbocycles. The molecule has 1 atom stereocenters. The second-order valence-electron chi connectivity index (χ2n) is 5.55. The molecule has 0 aromatic carbocycles. The van der Waals surface area contributed by atoms with Crippen LogP contribution in [0.4, 0.5) is 5.69 Å². The molecule has 1 N–H and O–H groups in total. The summed E-state index contributed by atoms with van der Waals surface area (Å²) in [4.78, 5) is 20.8. The fraction of sp³-hybridized carbons (Fsp3) is 0.600. The third kappa shape index (κ3) is 3.48. The maximum atomic E-state index is 12.5. The number of likely N-dealkylation sites (tertiary alicyclic amines) is 1. The van der Waals surface area contributed by atoms with Gasteiger partial charge in [-0.25, -0.2) is 0 Å². The predicted octanol–water partition coefficient (Wildman–Crippen LogP) is 1.54. The molecule has 2 heterocycles. The number of nitrogens with zero attached hydrogens (tertiary/aromatic N) is 3. The number of carbonyl (C=O) groups is 1. The molecule has 0 aliphatic carbocycles. The highest BCUT2D eigenvalue weighted by molar-refractivity contribution is 5.99. The van der Waals surface area contributed by atoms with E-state index >= 15 is 0 Å². The van der Waals surface area contributed by atoms with Gasteiger partial charge in [-0.2, -0.15) is 0 Å². The van der Waals surface area contributed by atoms with Crippen molar-refractivity contribution in [2.45, 2.75) is 13.3 Å². The summed E-state index contributed by atoms with van der Waals surface area (Å²) in [5.74, 6) is 0.622. The van der Waals surface area contributed by atoms with E-state index in [2.05, 4.69) is 22.2 Å². The van der Waals surface area contributed by atoms with E-state index in [9.17, 15) is 4.79 Å². The Balaban J connectivity index is 2.03. The molecule has 5 nitrogen and oxygen atoms in total. The molecule has 2 rings (SSSR count). The molecule has 1 unspecified atom stereocenters. The van der Waals surface area contributed by atoms with E-state index < -0.39 is 0 Å². The number of pyridine rings is 1. The number of amides is 1. The van der Waals surface area contributed by atoms with Crippen LogP contribution in [0.2, 0.25) is 0 Å². The lowest BCUT2D eigenvalue weighted by Crippen LogP contribution is -2.33. The van der Waals surface area contributed by atoms with E-state index in [1.54, 1.807) is 12.4 Å². The topological polar surface area (TPSA) is 48.5 Å². The van der Waals surface area contributed by atoms with E-state index in [1.165, 1.54) is 6.42 Å². The summed E-state index contributed by atoms with van der Waals surface area (Å²) in [6, 6.07) is 1.86. The average molecular weight is 276 g/mol. The van der Waals surface area contributed by atoms with E-state index in [-0.39, 0.29) is 5.91 Å². The molecule has 0 radical (unpaired) electrons. The molecule has 1 aliphatic heterocycles. The van der Waals surface area contributed by atoms with Gasteiger partial charge in [0.15, 0.2) is 0 Å². The van der Waals surface area contributed by atoms with Crippen LogP contribution in [0, 0.1) is 5.92 Å². The lowest BCUT2D eigenvalue weighted by atomic mass is 10.1. The van der Waals surface area contributed by atoms with Crippen LogP contribution >= 0.6 is 0 Å². The fourth-order valence-corrected chi connectivity index (χ4v) is 2.76. The van der Waals surface area contributed by atoms with Crippen LogP contribution in [0.15, 0.2) is 18.5 Å². The highest BCUT2D eigenvalue weighted by Gasteiger charge is 2.24. The van der Waals surface area contributed by atoms with Crippen molar-refractivity contribution in [3.63, 3.8) is 0 Å². The number of hydrogen-bond acceptors (Lipinski definition) is 4. The van der Waals surface area contributed by atoms with Crippen molar-refractivity contribution >= 4 is 11.6 Å². The van der Waals surface area contributed by atoms with Crippen molar-refractivity contribution in [1.29, 1.82) is 0 Å². The van der Waals surface area contributed by atoms with Crippen molar-refractivity contribution in [3.05, 3.63) is 24.0 Å². The first kappa shape index (κ1) is 14.8. The SMILES string of the molecule is CCNc1ccncc1C(=O)N(C)CC1CCN(C)C1. The van der Waals surface area contributed by atoms with Gasteiger partial charge in [0.25, 0.3) is 5.91 Å². The summed E-state index contributed by atoms with van der Waals surface area (Å²) >= 11 is 0. The Morgan fingerprint density at radius 1 is 1.60 bits per heavy atom. The minimum absolute atomic E-state index is 0.0450. The molecule has 1 saturated heterocycles. The predicted molar refractivity (Wildman–Crippen MR) is 81.0 cm³/mol. The van der Waals surface area contributed by atoms with Crippen LogP contribution in [0.25, 0.3) is 0 Å². The van der Waals surface area contributed by atoms with Gasteiger partial charge >= 0.3 is 0 Å². The molecule has 1 aliphatic rings. The van der Waals surface area contributed by atoms with Crippen LogP contribution in [0.5, 0.6) is 0 Å². The molecule has 0 spiro atoms. The second kappa shape index (κ2) is 6.70. The minimum atomic E-state index is 0.0450. The quantitative estimate of drug-likeness (QED) is 0.886. The molecule has 1 aromatic rings. The Hall–Kier alpha value is -1.62. The van der Waals surface area contributed by atoms with Gasteiger partial charge in [-0.1, -0.05) is 0 Å². The monoisotopic (exact) mass is 276 g/mol. The lowest BCUT2D eigenvalue weighted by molar-refractivity contribution is 0.0774. The summed E-state index contributed by atoms with van der Waals surface area (Å²) in [5.41, 5.74) is 1.52. The highest BCUT2D eigenvalue weighted by Crippen LogP contribution is 2.19. The van der Waals surface area contributed by atoms with Crippen LogP contribution in [0.3, 0.4) is 0 Å². The molecule has 0 bridgehead atoms. The normalized spacial score (nSPS) is 19.1. The maximum Gasteiger partial charge on any atom is 0.257 e. The summed E-state index contributed by atoms with van der Waals surface area (Å²) in [5, 5.41) is 3.22. The molecular formula is C15H24N4O. The van der Waals surface area contributed by atoms with Gasteiger partial charge in [-0.05, 0) is 38.9 Å². The van der Waals surface area contributed by atoms with Gasteiger partial charge in [0.1, 0.15) is 0 Å². The number of anilines is 1. The third-order valence-corrected chi connectivity index (χ3v) is 3.79. The van der Waals surface area contributed by atoms with Gasteiger partial charge in [0.2, 0.25) is 0 Å². The van der Waals surface area contributed by atoms with Crippen LogP contribution < -0.4 is 5.32 Å². The van der Waals surface area contributed by atoms with Crippen molar-refractivity contribution in [3.8, 4) is 0 Å². The second-order valence-corrected chi connectivity index (χ2v) is 5.55. The summed E-state index contributed by atoms with van der Waals surface area (Å²) in [6.07, 6.45) is 4.53. The Morgan fingerprint density at radius 2 is 2.40 bits per heavy atom. The first-order valence-electron chi connectivity index (χ1n) is 7.23. The highest BCUT2D eigenvalue weighted by atomic mass is 16.2. The van der Waals surface area contributed by atoms with E-state index in [1.807, 2.05) is 24.9 Å². The first-order valence-corrected chi connectivity index (χ1v) is 7.23. The maximum absolute atomic E-state index is 12.5. The van der Waals surface area contributed by atoms with Gasteiger partial charge in [-0.3, -0.25) is 9.78 Å². The minimum Gasteiger partial charge on any atom is -0.385 e. The summed E-state index contributed by atoms with van der Waals surface area (Å²) in [7, 11) is 4.01. The Labute approximate surface area is 121 Å². The van der Waals surface area contributed by atoms with Gasteiger partial charge < -0.3 is 15.1 Å². The third-order valence-electron chi connectivity index (χ3n) is 3.79. The molecule has 1 fully saturated rings. The van der Waals surface area contributed by atoms with E-state index in [4.69, 9.17) is 0 Å². The smallest absolute Gasteiger partial charge is 0.257 e. The number of rotatable bonds is 5. The Kier molecular flexibility index (Phi) is 4.95. The molecule has 20 heavy (non-hydrogen) atoms. The van der Waals surface area contributed by atoms with Crippen LogP contribution in [-0.2, 0) is 0 Å². The van der Waals surface area contributed by atoms with Gasteiger partial charge in [-0.15, -0.1) is 0 Å². The van der Waals surface area contributed by atoms with Crippen LogP contribution in [0.1, 0.15) is 23.7 Å². The summed E-state index contributed by atoms with van der Waals surface area (Å²) < 4.78 is 0. The zero-order valence-electron chi connectivity index (χ0n) is 12.6. The standard InChI is InChI=1S/C15H24N4O/c1-4-17-14-5-7-16-9-13(14)15(20)19(3)11-12-6-8-18(2)10-12/h5,7,9,12H,4,6,8,10-11H2,1-3H3,(H,16,17). The lowest BCUT2D eigenvalue weighted by Gasteiger charge is -2.22. The average Bonchev–Trinajstić information content (AvgIpc) is 2.84. The summed E-state index contributed by atoms with van der Waals surface area (Å²) in [6.45, 7) is 5.82. The zero-order valence-corrected chi connectivity index (χ0v) is 12.6. The Bertz CT molecular complexity index is 463. The van der Waals surface area contributed by atoms with Crippen molar-refractivity contribution in [1.82, 2.24) is 14.8 Å². The number of nitrogens with one attached hydrogen (secondary N) is 1. The van der Waals surface area contributed by atoms with Crippen molar-refractivity contribution < 1.29 is 4.79 Å². The molecule has 1 aromatic heterocycles. The zero-order chi connectivity index (χ0) is 14.5. The number of hydrogen-bond donors (Lipinski definition) is 1. The van der Waals surface area contributed by atoms with E-state index in [0.717, 1.165) is 31.9 Å².